The molecule has 2 bridgehead atoms. The summed E-state index contributed by atoms with van der Waals surface area (Å²) >= 11 is 0. The van der Waals surface area contributed by atoms with Crippen LogP contribution >= 0.6 is 0 Å². The van der Waals surface area contributed by atoms with E-state index in [1.54, 1.807) is 59.1 Å². The predicted octanol–water partition coefficient (Wildman–Crippen LogP) is 5.32. The van der Waals surface area contributed by atoms with Gasteiger partial charge in [-0.2, -0.15) is 0 Å². The van der Waals surface area contributed by atoms with Gasteiger partial charge in [-0.05, 0) is 128 Å². The van der Waals surface area contributed by atoms with Gasteiger partial charge in [0.15, 0.2) is 11.5 Å². The number of allylic oxidation sites excluding steroid dienone is 5. The van der Waals surface area contributed by atoms with Gasteiger partial charge in [0.25, 0.3) is 11.7 Å². The second kappa shape index (κ2) is 26.5. The minimum atomic E-state index is -4.21. The topological polar surface area (TPSA) is 267 Å². The zero-order valence-corrected chi connectivity index (χ0v) is 44.6. The van der Waals surface area contributed by atoms with Crippen LogP contribution in [0.4, 0.5) is 0 Å². The molecule has 1 saturated carbocycles. The summed E-state index contributed by atoms with van der Waals surface area (Å²) < 4.78 is 59.0. The smallest absolute Gasteiger partial charge is 0.329 e. The second-order valence-electron chi connectivity index (χ2n) is 21.1. The van der Waals surface area contributed by atoms with Gasteiger partial charge in [0.05, 0.1) is 24.5 Å². The standard InChI is InChI=1S/C53H82N4O14S/c1-31-15-11-10-12-16-32(2)41(56-72(65,66)46-30-55-71-37(46)7)29-40-21-18-36(6)53(64,70-40)50(61)51(62)57-24-14-13-17-42(57)52(63)69-44(33(3)26-38-19-22-43(58)45(28-38)67-8)23-20-39(54)27-35(5)48(60)49(68-9)47(59)34(4)25-31/h10-12,15-16,27,30-31,33-34,36,38-45,48-49,56,58,60,64H,13-14,17-26,28-29,54H2,1-9H3/b12-10+,15-11+,32-16+,35-27+/t31-,33-,34?,36?,38?,39+,40+,41+,42?,43-,44+,45?,48?,49+,53?/m1/s1. The van der Waals surface area contributed by atoms with Crippen LogP contribution in [-0.4, -0.2) is 139 Å². The highest BCUT2D eigenvalue weighted by Crippen LogP contribution is 2.38. The number of cyclic esters (lactones) is 1. The first-order chi connectivity index (χ1) is 34.0. The Hall–Kier alpha value is -3.92. The number of sulfonamides is 1. The van der Waals surface area contributed by atoms with Crippen molar-refractivity contribution in [3.63, 3.8) is 0 Å². The van der Waals surface area contributed by atoms with Crippen molar-refractivity contribution in [2.75, 3.05) is 20.8 Å². The number of carbonyl (C=O) groups excluding carboxylic acids is 4. The van der Waals surface area contributed by atoms with Crippen LogP contribution < -0.4 is 10.5 Å². The molecule has 4 aliphatic rings. The molecule has 15 atom stereocenters. The maximum atomic E-state index is 14.5. The van der Waals surface area contributed by atoms with Gasteiger partial charge in [-0.25, -0.2) is 17.9 Å². The number of amides is 1. The van der Waals surface area contributed by atoms with Crippen molar-refractivity contribution in [3.8, 4) is 0 Å². The lowest BCUT2D eigenvalue weighted by molar-refractivity contribution is -0.264. The summed E-state index contributed by atoms with van der Waals surface area (Å²) in [5, 5.41) is 37.8. The van der Waals surface area contributed by atoms with Crippen molar-refractivity contribution in [1.29, 1.82) is 0 Å². The maximum absolute atomic E-state index is 14.5. The van der Waals surface area contributed by atoms with Crippen molar-refractivity contribution in [3.05, 3.63) is 59.6 Å². The number of rotatable bonds is 8. The number of nitrogens with one attached hydrogen (secondary N) is 1. The highest BCUT2D eigenvalue weighted by atomic mass is 32.2. The Morgan fingerprint density at radius 3 is 2.33 bits per heavy atom. The molecular weight excluding hydrogens is 949 g/mol. The minimum absolute atomic E-state index is 0.0311. The number of nitrogens with two attached hydrogens (primary N) is 1. The van der Waals surface area contributed by atoms with Crippen LogP contribution in [-0.2, 0) is 48.1 Å². The molecule has 404 valence electrons. The lowest BCUT2D eigenvalue weighted by Crippen LogP contribution is -2.61. The van der Waals surface area contributed by atoms with E-state index in [9.17, 15) is 42.9 Å². The Labute approximate surface area is 426 Å². The minimum Gasteiger partial charge on any atom is -0.461 e. The molecule has 7 unspecified atom stereocenters. The van der Waals surface area contributed by atoms with E-state index in [-0.39, 0.29) is 66.1 Å². The molecule has 2 saturated heterocycles. The zero-order chi connectivity index (χ0) is 53.1. The van der Waals surface area contributed by atoms with Crippen molar-refractivity contribution in [2.45, 2.75) is 197 Å². The molecular formula is C53H82N4O14S. The fourth-order valence-corrected chi connectivity index (χ4v) is 12.2. The molecule has 1 aliphatic carbocycles. The molecule has 5 rings (SSSR count). The van der Waals surface area contributed by atoms with Crippen molar-refractivity contribution in [2.24, 2.45) is 35.3 Å². The third kappa shape index (κ3) is 15.1. The lowest BCUT2D eigenvalue weighted by Gasteiger charge is -2.43. The predicted molar refractivity (Wildman–Crippen MR) is 268 cm³/mol. The van der Waals surface area contributed by atoms with Crippen molar-refractivity contribution in [1.82, 2.24) is 14.8 Å². The van der Waals surface area contributed by atoms with Gasteiger partial charge in [0, 0.05) is 44.7 Å². The fraction of sp³-hybridized carbons (Fsp3) is 0.717. The van der Waals surface area contributed by atoms with E-state index in [0.29, 0.717) is 68.9 Å². The largest absolute Gasteiger partial charge is 0.461 e. The Kier molecular flexibility index (Phi) is 21.7. The molecule has 72 heavy (non-hydrogen) atoms. The highest BCUT2D eigenvalue weighted by Gasteiger charge is 2.53. The number of aliphatic hydroxyl groups is 3. The number of Topliss-reactive ketones (excluding diaryl/α,β-unsaturated/α-hetero) is 2. The quantitative estimate of drug-likeness (QED) is 0.125. The van der Waals surface area contributed by atoms with Crippen LogP contribution in [0.2, 0.25) is 0 Å². The molecule has 19 heteroatoms. The molecule has 0 radical (unpaired) electrons. The number of ketones is 2. The van der Waals surface area contributed by atoms with Gasteiger partial charge >= 0.3 is 5.97 Å². The van der Waals surface area contributed by atoms with Gasteiger partial charge < -0.3 is 49.4 Å². The zero-order valence-electron chi connectivity index (χ0n) is 43.7. The molecule has 3 fully saturated rings. The number of aliphatic hydroxyl groups excluding tert-OH is 2. The molecule has 6 N–H and O–H groups in total. The first kappa shape index (κ1) is 59.0. The normalized spacial score (nSPS) is 37.8. The number of fused-ring (bicyclic) bond motifs is 3. The number of hydrogen-bond acceptors (Lipinski definition) is 16. The van der Waals surface area contributed by atoms with Crippen LogP contribution in [0.5, 0.6) is 0 Å². The summed E-state index contributed by atoms with van der Waals surface area (Å²) in [6, 6.07) is -2.68. The van der Waals surface area contributed by atoms with Crippen molar-refractivity contribution < 1.29 is 66.4 Å². The Morgan fingerprint density at radius 1 is 0.917 bits per heavy atom. The molecule has 1 amide bonds. The molecule has 4 heterocycles. The number of esters is 1. The number of methoxy groups -OCH3 is 2. The summed E-state index contributed by atoms with van der Waals surface area (Å²) in [6.45, 7) is 12.3. The van der Waals surface area contributed by atoms with Crippen molar-refractivity contribution >= 4 is 33.5 Å². The second-order valence-corrected chi connectivity index (χ2v) is 22.8. The van der Waals surface area contributed by atoms with E-state index in [4.69, 9.17) is 29.2 Å². The fourth-order valence-electron chi connectivity index (χ4n) is 10.8. The molecule has 1 aromatic heterocycles. The summed E-state index contributed by atoms with van der Waals surface area (Å²) in [5.41, 5.74) is 7.70. The van der Waals surface area contributed by atoms with E-state index in [1.807, 2.05) is 26.0 Å². The monoisotopic (exact) mass is 1030 g/mol. The number of ether oxygens (including phenoxy) is 4. The SMILES string of the molecule is COC1CC(C[C@@H](C)[C@@H]2CC[C@H](N)/C=C(\C)C(O)[C@@H](OC)C(=O)C(C)C[C@H](C)/C=C/C=C/C=C(\C)[C@@H](NS(=O)(=O)c3cnoc3C)C[C@@H]3CCC(C)C(O)(O3)C(=O)C(=O)N3CCCCC3C(=O)O2)CC[C@H]1O. The number of carbonyl (C=O) groups is 4. The Morgan fingerprint density at radius 2 is 1.65 bits per heavy atom. The number of piperidine rings is 1. The maximum Gasteiger partial charge on any atom is 0.329 e. The number of hydrogen-bond donors (Lipinski definition) is 5. The first-order valence-corrected chi connectivity index (χ1v) is 27.3. The van der Waals surface area contributed by atoms with Crippen LogP contribution in [0.15, 0.2) is 63.2 Å². The van der Waals surface area contributed by atoms with Gasteiger partial charge in [-0.1, -0.05) is 74.9 Å². The number of nitrogens with zero attached hydrogens (tertiary/aromatic N) is 2. The third-order valence-electron chi connectivity index (χ3n) is 15.4. The van der Waals surface area contributed by atoms with Gasteiger partial charge in [-0.3, -0.25) is 14.4 Å². The highest BCUT2D eigenvalue weighted by molar-refractivity contribution is 7.89. The van der Waals surface area contributed by atoms with E-state index >= 15 is 0 Å². The van der Waals surface area contributed by atoms with E-state index in [2.05, 4.69) is 9.88 Å². The van der Waals surface area contributed by atoms with Crippen LogP contribution in [0.3, 0.4) is 0 Å². The van der Waals surface area contributed by atoms with E-state index in [1.165, 1.54) is 18.9 Å². The van der Waals surface area contributed by atoms with Crippen LogP contribution in [0.1, 0.15) is 131 Å². The summed E-state index contributed by atoms with van der Waals surface area (Å²) in [4.78, 5) is 58.1. The van der Waals surface area contributed by atoms with Gasteiger partial charge in [0.2, 0.25) is 15.8 Å². The molecule has 18 nitrogen and oxygen atoms in total. The van der Waals surface area contributed by atoms with E-state index < -0.39 is 94.0 Å². The summed E-state index contributed by atoms with van der Waals surface area (Å²) in [7, 11) is -1.25. The van der Waals surface area contributed by atoms with E-state index in [0.717, 1.165) is 12.6 Å². The Bertz CT molecular complexity index is 2240. The third-order valence-corrected chi connectivity index (χ3v) is 17.0. The lowest BCUT2D eigenvalue weighted by atomic mass is 9.78. The molecule has 1 aromatic rings. The summed E-state index contributed by atoms with van der Waals surface area (Å²) in [5.74, 6) is -7.20. The number of aryl methyl sites for hydroxylation is 1. The molecule has 3 aliphatic heterocycles. The average Bonchev–Trinajstić information content (AvgIpc) is 3.80. The number of aromatic nitrogens is 1. The van der Waals surface area contributed by atoms with Crippen LogP contribution in [0.25, 0.3) is 0 Å². The Balaban J connectivity index is 1.50. The van der Waals surface area contributed by atoms with Crippen LogP contribution in [0, 0.1) is 36.5 Å². The van der Waals surface area contributed by atoms with Gasteiger partial charge in [0.1, 0.15) is 29.2 Å². The van der Waals surface area contributed by atoms with Gasteiger partial charge in [-0.15, -0.1) is 0 Å². The molecule has 0 aromatic carbocycles. The average molecular weight is 1030 g/mol. The first-order valence-electron chi connectivity index (χ1n) is 25.8. The molecule has 0 spiro atoms. The summed E-state index contributed by atoms with van der Waals surface area (Å²) in [6.07, 6.45) is 12.4.